The van der Waals surface area contributed by atoms with Crippen LogP contribution in [0.15, 0.2) is 23.7 Å². The summed E-state index contributed by atoms with van der Waals surface area (Å²) in [5.41, 5.74) is 0. The van der Waals surface area contributed by atoms with Gasteiger partial charge < -0.3 is 24.7 Å². The van der Waals surface area contributed by atoms with Gasteiger partial charge in [-0.3, -0.25) is 4.99 Å². The Balaban J connectivity index is 1.45. The monoisotopic (exact) mass is 309 g/mol. The Labute approximate surface area is 132 Å². The molecule has 2 heterocycles. The first-order valence-electron chi connectivity index (χ1n) is 7.94. The smallest absolute Gasteiger partial charge is 0.191 e. The summed E-state index contributed by atoms with van der Waals surface area (Å²) >= 11 is 0. The number of nitrogens with zero attached hydrogens (tertiary/aromatic N) is 3. The van der Waals surface area contributed by atoms with Gasteiger partial charge in [0.15, 0.2) is 5.96 Å². The topological polar surface area (TPSA) is 72.7 Å². The number of hydrogen-bond donors (Lipinski definition) is 2. The van der Waals surface area contributed by atoms with Crippen molar-refractivity contribution in [2.24, 2.45) is 10.9 Å². The number of hydrogen-bond acceptors (Lipinski definition) is 4. The van der Waals surface area contributed by atoms with Gasteiger partial charge in [-0.1, -0.05) is 0 Å². The summed E-state index contributed by atoms with van der Waals surface area (Å²) in [4.78, 5) is 8.21. The van der Waals surface area contributed by atoms with E-state index in [1.165, 1.54) is 0 Å². The maximum Gasteiger partial charge on any atom is 0.191 e. The minimum atomic E-state index is 0.588. The summed E-state index contributed by atoms with van der Waals surface area (Å²) in [6.07, 6.45) is 7.64. The van der Waals surface area contributed by atoms with E-state index < -0.39 is 0 Å². The lowest BCUT2D eigenvalue weighted by atomic mass is 10.1. The van der Waals surface area contributed by atoms with E-state index in [9.17, 15) is 0 Å². The highest BCUT2D eigenvalue weighted by Gasteiger charge is 2.15. The molecule has 1 fully saturated rings. The second-order valence-electron chi connectivity index (χ2n) is 5.38. The average Bonchev–Trinajstić information content (AvgIpc) is 3.22. The Morgan fingerprint density at radius 2 is 2.36 bits per heavy atom. The Morgan fingerprint density at radius 1 is 1.45 bits per heavy atom. The van der Waals surface area contributed by atoms with Crippen molar-refractivity contribution >= 4 is 5.96 Å². The number of aliphatic imine (C=N–C) groups is 1. The fourth-order valence-corrected chi connectivity index (χ4v) is 2.29. The summed E-state index contributed by atoms with van der Waals surface area (Å²) in [5, 5.41) is 6.56. The van der Waals surface area contributed by atoms with Crippen molar-refractivity contribution in [2.75, 3.05) is 46.6 Å². The lowest BCUT2D eigenvalue weighted by Gasteiger charge is -2.12. The average molecular weight is 309 g/mol. The summed E-state index contributed by atoms with van der Waals surface area (Å²) < 4.78 is 13.0. The van der Waals surface area contributed by atoms with Crippen molar-refractivity contribution in [1.82, 2.24) is 20.2 Å². The number of nitrogens with one attached hydrogen (secondary N) is 2. The first kappa shape index (κ1) is 16.8. The van der Waals surface area contributed by atoms with E-state index in [1.807, 2.05) is 17.1 Å². The molecule has 0 aromatic carbocycles. The molecule has 0 radical (unpaired) electrons. The number of ether oxygens (including phenoxy) is 2. The molecule has 124 valence electrons. The lowest BCUT2D eigenvalue weighted by molar-refractivity contribution is 0.0888. The third kappa shape index (κ3) is 6.44. The molecule has 22 heavy (non-hydrogen) atoms. The van der Waals surface area contributed by atoms with Gasteiger partial charge in [-0.05, 0) is 12.8 Å². The molecule has 0 bridgehead atoms. The Hall–Kier alpha value is -1.60. The predicted molar refractivity (Wildman–Crippen MR) is 86.0 cm³/mol. The summed E-state index contributed by atoms with van der Waals surface area (Å²) in [5.74, 6) is 1.41. The highest BCUT2D eigenvalue weighted by molar-refractivity contribution is 5.79. The largest absolute Gasteiger partial charge is 0.381 e. The van der Waals surface area contributed by atoms with Gasteiger partial charge in [-0.2, -0.15) is 0 Å². The summed E-state index contributed by atoms with van der Waals surface area (Å²) in [6.45, 7) is 5.86. The lowest BCUT2D eigenvalue weighted by Crippen LogP contribution is -2.39. The SMILES string of the molecule is CN=C(NCCCOCC1CCOC1)NCCn1ccnc1. The fraction of sp³-hybridized carbons (Fsp3) is 0.733. The highest BCUT2D eigenvalue weighted by Crippen LogP contribution is 2.12. The standard InChI is InChI=1S/C15H27N5O2/c1-16-15(19-6-8-20-7-5-17-13-20)18-4-2-9-21-11-14-3-10-22-12-14/h5,7,13-14H,2-4,6,8-12H2,1H3,(H2,16,18,19). The molecule has 7 heteroatoms. The molecule has 1 saturated heterocycles. The van der Waals surface area contributed by atoms with Crippen molar-refractivity contribution in [3.63, 3.8) is 0 Å². The molecule has 0 spiro atoms. The van der Waals surface area contributed by atoms with Crippen molar-refractivity contribution < 1.29 is 9.47 Å². The zero-order valence-corrected chi connectivity index (χ0v) is 13.3. The first-order chi connectivity index (χ1) is 10.9. The molecular weight excluding hydrogens is 282 g/mol. The van der Waals surface area contributed by atoms with Crippen LogP contribution >= 0.6 is 0 Å². The van der Waals surface area contributed by atoms with Crippen LogP contribution in [0.25, 0.3) is 0 Å². The van der Waals surface area contributed by atoms with E-state index in [4.69, 9.17) is 9.47 Å². The molecule has 7 nitrogen and oxygen atoms in total. The zero-order valence-electron chi connectivity index (χ0n) is 13.3. The maximum atomic E-state index is 5.67. The van der Waals surface area contributed by atoms with Crippen LogP contribution < -0.4 is 10.6 Å². The van der Waals surface area contributed by atoms with Gasteiger partial charge in [0, 0.05) is 58.2 Å². The molecule has 1 aliphatic rings. The minimum absolute atomic E-state index is 0.588. The molecule has 1 aromatic rings. The van der Waals surface area contributed by atoms with E-state index in [1.54, 1.807) is 13.2 Å². The van der Waals surface area contributed by atoms with Crippen molar-refractivity contribution in [3.8, 4) is 0 Å². The predicted octanol–water partition coefficient (Wildman–Crippen LogP) is 0.491. The number of guanidine groups is 1. The third-order valence-corrected chi connectivity index (χ3v) is 3.58. The van der Waals surface area contributed by atoms with Crippen LogP contribution in [0.4, 0.5) is 0 Å². The molecule has 1 unspecified atom stereocenters. The van der Waals surface area contributed by atoms with E-state index in [0.29, 0.717) is 5.92 Å². The molecule has 2 rings (SSSR count). The quantitative estimate of drug-likeness (QED) is 0.395. The summed E-state index contributed by atoms with van der Waals surface area (Å²) in [6, 6.07) is 0. The van der Waals surface area contributed by atoms with Crippen LogP contribution in [0.3, 0.4) is 0 Å². The number of rotatable bonds is 9. The third-order valence-electron chi connectivity index (χ3n) is 3.58. The number of imidazole rings is 1. The Bertz CT molecular complexity index is 416. The molecule has 1 aliphatic heterocycles. The second kappa shape index (κ2) is 10.2. The molecule has 1 aromatic heterocycles. The molecular formula is C15H27N5O2. The summed E-state index contributed by atoms with van der Waals surface area (Å²) in [7, 11) is 1.78. The van der Waals surface area contributed by atoms with Crippen LogP contribution in [0.5, 0.6) is 0 Å². The van der Waals surface area contributed by atoms with Crippen LogP contribution in [0.1, 0.15) is 12.8 Å². The molecule has 1 atom stereocenters. The van der Waals surface area contributed by atoms with Gasteiger partial charge in [-0.25, -0.2) is 4.98 Å². The molecule has 0 amide bonds. The Kier molecular flexibility index (Phi) is 7.76. The fourth-order valence-electron chi connectivity index (χ4n) is 2.29. The van der Waals surface area contributed by atoms with Crippen molar-refractivity contribution in [1.29, 1.82) is 0 Å². The highest BCUT2D eigenvalue weighted by atomic mass is 16.5. The zero-order chi connectivity index (χ0) is 15.5. The van der Waals surface area contributed by atoms with E-state index in [-0.39, 0.29) is 0 Å². The van der Waals surface area contributed by atoms with Gasteiger partial charge >= 0.3 is 0 Å². The van der Waals surface area contributed by atoms with Crippen LogP contribution in [-0.4, -0.2) is 62.1 Å². The Morgan fingerprint density at radius 3 is 3.09 bits per heavy atom. The van der Waals surface area contributed by atoms with E-state index in [0.717, 1.165) is 64.9 Å². The second-order valence-corrected chi connectivity index (χ2v) is 5.38. The molecule has 0 aliphatic carbocycles. The normalized spacial score (nSPS) is 18.6. The molecule has 0 saturated carbocycles. The van der Waals surface area contributed by atoms with Crippen LogP contribution in [0.2, 0.25) is 0 Å². The van der Waals surface area contributed by atoms with Crippen LogP contribution in [0, 0.1) is 5.92 Å². The van der Waals surface area contributed by atoms with E-state index >= 15 is 0 Å². The van der Waals surface area contributed by atoms with Gasteiger partial charge in [0.2, 0.25) is 0 Å². The van der Waals surface area contributed by atoms with Gasteiger partial charge in [-0.15, -0.1) is 0 Å². The van der Waals surface area contributed by atoms with Crippen LogP contribution in [-0.2, 0) is 16.0 Å². The van der Waals surface area contributed by atoms with E-state index in [2.05, 4.69) is 20.6 Å². The maximum absolute atomic E-state index is 5.67. The molecule has 2 N–H and O–H groups in total. The van der Waals surface area contributed by atoms with Gasteiger partial charge in [0.1, 0.15) is 0 Å². The minimum Gasteiger partial charge on any atom is -0.381 e. The first-order valence-corrected chi connectivity index (χ1v) is 7.94. The van der Waals surface area contributed by atoms with Crippen molar-refractivity contribution in [2.45, 2.75) is 19.4 Å². The number of aromatic nitrogens is 2. The van der Waals surface area contributed by atoms with Gasteiger partial charge in [0.25, 0.3) is 0 Å². The van der Waals surface area contributed by atoms with Gasteiger partial charge in [0.05, 0.1) is 19.5 Å². The van der Waals surface area contributed by atoms with Crippen molar-refractivity contribution in [3.05, 3.63) is 18.7 Å².